The second-order valence-electron chi connectivity index (χ2n) is 3.94. The Kier molecular flexibility index (Phi) is 6.54. The van der Waals surface area contributed by atoms with E-state index in [1.54, 1.807) is 14.2 Å². The number of methoxy groups -OCH3 is 2. The van der Waals surface area contributed by atoms with E-state index in [0.717, 1.165) is 31.1 Å². The maximum absolute atomic E-state index is 5.39. The first-order chi connectivity index (χ1) is 8.76. The molecule has 0 aliphatic rings. The van der Waals surface area contributed by atoms with Crippen molar-refractivity contribution < 1.29 is 14.2 Å². The van der Waals surface area contributed by atoms with Crippen LogP contribution in [0.3, 0.4) is 0 Å². The fraction of sp³-hybridized carbons (Fsp3) is 0.571. The van der Waals surface area contributed by atoms with E-state index >= 15 is 0 Å². The zero-order valence-electron chi connectivity index (χ0n) is 11.7. The van der Waals surface area contributed by atoms with E-state index in [-0.39, 0.29) is 6.04 Å². The Morgan fingerprint density at radius 2 is 1.89 bits per heavy atom. The van der Waals surface area contributed by atoms with Gasteiger partial charge in [0.15, 0.2) is 11.5 Å². The highest BCUT2D eigenvalue weighted by Crippen LogP contribution is 2.30. The number of hydrogen-bond acceptors (Lipinski definition) is 4. The monoisotopic (exact) mass is 253 g/mol. The van der Waals surface area contributed by atoms with Crippen LogP contribution in [0, 0.1) is 0 Å². The third kappa shape index (κ3) is 3.89. The molecule has 4 heteroatoms. The topological polar surface area (TPSA) is 39.7 Å². The lowest BCUT2D eigenvalue weighted by Crippen LogP contribution is -2.18. The van der Waals surface area contributed by atoms with Gasteiger partial charge in [-0.25, -0.2) is 0 Å². The molecule has 102 valence electrons. The molecular formula is C14H23NO3. The Morgan fingerprint density at radius 3 is 2.44 bits per heavy atom. The second kappa shape index (κ2) is 7.95. The van der Waals surface area contributed by atoms with Crippen LogP contribution in [0.5, 0.6) is 11.5 Å². The van der Waals surface area contributed by atoms with Crippen molar-refractivity contribution in [3.63, 3.8) is 0 Å². The van der Waals surface area contributed by atoms with Crippen molar-refractivity contribution in [2.45, 2.75) is 19.4 Å². The molecule has 1 N–H and O–H groups in total. The third-order valence-corrected chi connectivity index (χ3v) is 2.91. The van der Waals surface area contributed by atoms with Gasteiger partial charge >= 0.3 is 0 Å². The summed E-state index contributed by atoms with van der Waals surface area (Å²) in [5.41, 5.74) is 1.18. The predicted molar refractivity (Wildman–Crippen MR) is 72.5 cm³/mol. The van der Waals surface area contributed by atoms with Crippen LogP contribution in [-0.2, 0) is 4.74 Å². The zero-order chi connectivity index (χ0) is 13.4. The predicted octanol–water partition coefficient (Wildman–Crippen LogP) is 2.39. The van der Waals surface area contributed by atoms with Gasteiger partial charge < -0.3 is 19.5 Å². The fourth-order valence-electron chi connectivity index (χ4n) is 1.89. The SMILES string of the molecule is CCOCCC(NC)c1ccc(OC)c(OC)c1. The van der Waals surface area contributed by atoms with Crippen molar-refractivity contribution in [3.8, 4) is 11.5 Å². The molecule has 1 unspecified atom stereocenters. The molecule has 0 heterocycles. The standard InChI is InChI=1S/C14H23NO3/c1-5-18-9-8-12(15-2)11-6-7-13(16-3)14(10-11)17-4/h6-7,10,12,15H,5,8-9H2,1-4H3. The highest BCUT2D eigenvalue weighted by Gasteiger charge is 2.12. The molecule has 1 aromatic rings. The normalized spacial score (nSPS) is 12.2. The van der Waals surface area contributed by atoms with Gasteiger partial charge in [-0.15, -0.1) is 0 Å². The van der Waals surface area contributed by atoms with Gasteiger partial charge in [0.25, 0.3) is 0 Å². The minimum atomic E-state index is 0.261. The molecular weight excluding hydrogens is 230 g/mol. The van der Waals surface area contributed by atoms with E-state index in [4.69, 9.17) is 14.2 Å². The quantitative estimate of drug-likeness (QED) is 0.722. The molecule has 0 aromatic heterocycles. The molecule has 0 saturated heterocycles. The van der Waals surface area contributed by atoms with Gasteiger partial charge in [0.1, 0.15) is 0 Å². The van der Waals surface area contributed by atoms with Crippen LogP contribution in [0.25, 0.3) is 0 Å². The first-order valence-corrected chi connectivity index (χ1v) is 6.23. The average molecular weight is 253 g/mol. The number of ether oxygens (including phenoxy) is 3. The average Bonchev–Trinajstić information content (AvgIpc) is 2.43. The summed E-state index contributed by atoms with van der Waals surface area (Å²) in [4.78, 5) is 0. The third-order valence-electron chi connectivity index (χ3n) is 2.91. The molecule has 0 fully saturated rings. The van der Waals surface area contributed by atoms with Crippen molar-refractivity contribution in [1.82, 2.24) is 5.32 Å². The molecule has 0 saturated carbocycles. The summed E-state index contributed by atoms with van der Waals surface area (Å²) in [5, 5.41) is 3.29. The molecule has 0 spiro atoms. The van der Waals surface area contributed by atoms with Crippen LogP contribution in [-0.4, -0.2) is 34.5 Å². The molecule has 18 heavy (non-hydrogen) atoms. The highest BCUT2D eigenvalue weighted by molar-refractivity contribution is 5.43. The Morgan fingerprint density at radius 1 is 1.17 bits per heavy atom. The summed E-state index contributed by atoms with van der Waals surface area (Å²) >= 11 is 0. The second-order valence-corrected chi connectivity index (χ2v) is 3.94. The van der Waals surface area contributed by atoms with E-state index < -0.39 is 0 Å². The van der Waals surface area contributed by atoms with Gasteiger partial charge in [0.05, 0.1) is 14.2 Å². The van der Waals surface area contributed by atoms with Crippen LogP contribution >= 0.6 is 0 Å². The van der Waals surface area contributed by atoms with Crippen LogP contribution in [0.15, 0.2) is 18.2 Å². The Balaban J connectivity index is 2.79. The van der Waals surface area contributed by atoms with Gasteiger partial charge in [-0.1, -0.05) is 6.07 Å². The maximum Gasteiger partial charge on any atom is 0.161 e. The van der Waals surface area contributed by atoms with Gasteiger partial charge in [-0.3, -0.25) is 0 Å². The Bertz CT molecular complexity index is 355. The molecule has 4 nitrogen and oxygen atoms in total. The minimum Gasteiger partial charge on any atom is -0.493 e. The number of nitrogens with one attached hydrogen (secondary N) is 1. The molecule has 1 aromatic carbocycles. The van der Waals surface area contributed by atoms with Crippen LogP contribution in [0.1, 0.15) is 24.9 Å². The van der Waals surface area contributed by atoms with Crippen LogP contribution in [0.4, 0.5) is 0 Å². The van der Waals surface area contributed by atoms with Crippen LogP contribution < -0.4 is 14.8 Å². The molecule has 0 aliphatic carbocycles. The van der Waals surface area contributed by atoms with Crippen molar-refractivity contribution in [2.24, 2.45) is 0 Å². The van der Waals surface area contributed by atoms with Crippen molar-refractivity contribution >= 4 is 0 Å². The largest absolute Gasteiger partial charge is 0.493 e. The first-order valence-electron chi connectivity index (χ1n) is 6.23. The Hall–Kier alpha value is -1.26. The lowest BCUT2D eigenvalue weighted by atomic mass is 10.0. The molecule has 0 amide bonds. The number of rotatable bonds is 8. The van der Waals surface area contributed by atoms with Gasteiger partial charge in [0.2, 0.25) is 0 Å². The summed E-state index contributed by atoms with van der Waals surface area (Å²) in [7, 11) is 5.24. The lowest BCUT2D eigenvalue weighted by Gasteiger charge is -2.18. The fourth-order valence-corrected chi connectivity index (χ4v) is 1.89. The van der Waals surface area contributed by atoms with Crippen molar-refractivity contribution in [1.29, 1.82) is 0 Å². The van der Waals surface area contributed by atoms with Crippen molar-refractivity contribution in [3.05, 3.63) is 23.8 Å². The molecule has 0 radical (unpaired) electrons. The summed E-state index contributed by atoms with van der Waals surface area (Å²) in [6.07, 6.45) is 0.930. The number of benzene rings is 1. The maximum atomic E-state index is 5.39. The van der Waals surface area contributed by atoms with E-state index in [1.165, 1.54) is 5.56 Å². The van der Waals surface area contributed by atoms with E-state index in [9.17, 15) is 0 Å². The summed E-state index contributed by atoms with van der Waals surface area (Å²) < 4.78 is 15.9. The summed E-state index contributed by atoms with van der Waals surface area (Å²) in [5.74, 6) is 1.51. The van der Waals surface area contributed by atoms with Crippen molar-refractivity contribution in [2.75, 3.05) is 34.5 Å². The molecule has 0 aliphatic heterocycles. The van der Waals surface area contributed by atoms with Gasteiger partial charge in [-0.2, -0.15) is 0 Å². The highest BCUT2D eigenvalue weighted by atomic mass is 16.5. The smallest absolute Gasteiger partial charge is 0.161 e. The van der Waals surface area contributed by atoms with Gasteiger partial charge in [-0.05, 0) is 38.1 Å². The zero-order valence-corrected chi connectivity index (χ0v) is 11.7. The molecule has 1 atom stereocenters. The molecule has 1 rings (SSSR count). The van der Waals surface area contributed by atoms with Gasteiger partial charge in [0, 0.05) is 19.3 Å². The minimum absolute atomic E-state index is 0.261. The number of hydrogen-bond donors (Lipinski definition) is 1. The summed E-state index contributed by atoms with van der Waals surface area (Å²) in [6, 6.07) is 6.25. The van der Waals surface area contributed by atoms with E-state index in [1.807, 2.05) is 26.1 Å². The van der Waals surface area contributed by atoms with E-state index in [2.05, 4.69) is 11.4 Å². The van der Waals surface area contributed by atoms with Crippen LogP contribution in [0.2, 0.25) is 0 Å². The Labute approximate surface area is 109 Å². The molecule has 0 bridgehead atoms. The summed E-state index contributed by atoms with van der Waals surface area (Å²) in [6.45, 7) is 3.50. The lowest BCUT2D eigenvalue weighted by molar-refractivity contribution is 0.137. The first kappa shape index (κ1) is 14.8. The van der Waals surface area contributed by atoms with E-state index in [0.29, 0.717) is 0 Å².